The number of nitrogens with one attached hydrogen (secondary N) is 3. The van der Waals surface area contributed by atoms with Gasteiger partial charge in [-0.3, -0.25) is 4.99 Å². The van der Waals surface area contributed by atoms with Crippen LogP contribution in [0.5, 0.6) is 0 Å². The van der Waals surface area contributed by atoms with Gasteiger partial charge in [-0.25, -0.2) is 10.4 Å². The summed E-state index contributed by atoms with van der Waals surface area (Å²) in [7, 11) is 0. The van der Waals surface area contributed by atoms with E-state index in [1.54, 1.807) is 11.8 Å². The summed E-state index contributed by atoms with van der Waals surface area (Å²) in [6.45, 7) is 2.88. The van der Waals surface area contributed by atoms with E-state index in [4.69, 9.17) is 0 Å². The first kappa shape index (κ1) is 16.7. The van der Waals surface area contributed by atoms with Gasteiger partial charge in [0.15, 0.2) is 5.17 Å². The number of anilines is 2. The molecule has 132 valence electrons. The van der Waals surface area contributed by atoms with Crippen LogP contribution in [0.3, 0.4) is 0 Å². The number of hydrogen-bond donors (Lipinski definition) is 3. The van der Waals surface area contributed by atoms with Crippen molar-refractivity contribution in [1.29, 1.82) is 0 Å². The maximum absolute atomic E-state index is 4.49. The van der Waals surface area contributed by atoms with E-state index < -0.39 is 0 Å². The monoisotopic (exact) mass is 364 g/mol. The molecule has 6 nitrogen and oxygen atoms in total. The summed E-state index contributed by atoms with van der Waals surface area (Å²) in [5.74, 6) is 1.76. The highest BCUT2D eigenvalue weighted by Gasteiger charge is 2.06. The van der Waals surface area contributed by atoms with Crippen LogP contribution in [0.1, 0.15) is 18.9 Å². The lowest BCUT2D eigenvalue weighted by Gasteiger charge is -2.13. The van der Waals surface area contributed by atoms with Gasteiger partial charge in [0, 0.05) is 18.0 Å². The maximum Gasteiger partial charge on any atom is 0.222 e. The first-order valence-electron chi connectivity index (χ1n) is 8.58. The molecule has 0 atom stereocenters. The third-order valence-corrected chi connectivity index (χ3v) is 5.07. The van der Waals surface area contributed by atoms with Gasteiger partial charge in [0.1, 0.15) is 0 Å². The van der Waals surface area contributed by atoms with Crippen LogP contribution < -0.4 is 10.7 Å². The molecule has 0 fully saturated rings. The van der Waals surface area contributed by atoms with Crippen LogP contribution in [-0.4, -0.2) is 33.1 Å². The zero-order valence-electron chi connectivity index (χ0n) is 14.5. The number of amidine groups is 1. The quantitative estimate of drug-likeness (QED) is 0.476. The largest absolute Gasteiger partial charge is 0.335 e. The third kappa shape index (κ3) is 3.88. The Morgan fingerprint density at radius 3 is 2.77 bits per heavy atom. The van der Waals surface area contributed by atoms with Gasteiger partial charge >= 0.3 is 0 Å². The van der Waals surface area contributed by atoms with Crippen molar-refractivity contribution in [3.63, 3.8) is 0 Å². The predicted molar refractivity (Wildman–Crippen MR) is 111 cm³/mol. The zero-order chi connectivity index (χ0) is 17.8. The van der Waals surface area contributed by atoms with E-state index in [1.807, 2.05) is 43.3 Å². The van der Waals surface area contributed by atoms with Crippen LogP contribution in [0.4, 0.5) is 11.6 Å². The summed E-state index contributed by atoms with van der Waals surface area (Å²) in [6, 6.07) is 16.1. The molecule has 26 heavy (non-hydrogen) atoms. The van der Waals surface area contributed by atoms with Crippen LogP contribution in [0.25, 0.3) is 11.0 Å². The number of imidazole rings is 1. The van der Waals surface area contributed by atoms with Crippen molar-refractivity contribution in [3.8, 4) is 0 Å². The van der Waals surface area contributed by atoms with Crippen LogP contribution >= 0.6 is 11.8 Å². The molecule has 2 aromatic carbocycles. The minimum atomic E-state index is 0.635. The van der Waals surface area contributed by atoms with Gasteiger partial charge in [0.05, 0.1) is 16.7 Å². The van der Waals surface area contributed by atoms with Crippen molar-refractivity contribution in [3.05, 3.63) is 54.1 Å². The highest BCUT2D eigenvalue weighted by Crippen LogP contribution is 2.17. The number of rotatable bonds is 4. The fourth-order valence-electron chi connectivity index (χ4n) is 2.66. The van der Waals surface area contributed by atoms with Gasteiger partial charge in [-0.1, -0.05) is 36.0 Å². The summed E-state index contributed by atoms with van der Waals surface area (Å²) in [6.07, 6.45) is 1.16. The smallest absolute Gasteiger partial charge is 0.222 e. The molecule has 1 aliphatic heterocycles. The average Bonchev–Trinajstić information content (AvgIpc) is 3.10. The van der Waals surface area contributed by atoms with Crippen molar-refractivity contribution < 1.29 is 0 Å². The van der Waals surface area contributed by atoms with Crippen LogP contribution in [-0.2, 0) is 0 Å². The number of aliphatic imine (C=N–C) groups is 1. The molecule has 7 heteroatoms. The molecule has 0 unspecified atom stereocenters. The molecule has 0 saturated carbocycles. The molecule has 0 aliphatic carbocycles. The summed E-state index contributed by atoms with van der Waals surface area (Å²) in [4.78, 5) is 12.1. The fraction of sp³-hybridized carbons (Fsp3) is 0.211. The zero-order valence-corrected chi connectivity index (χ0v) is 15.3. The van der Waals surface area contributed by atoms with Crippen molar-refractivity contribution in [1.82, 2.24) is 9.97 Å². The summed E-state index contributed by atoms with van der Waals surface area (Å²) >= 11 is 1.77. The van der Waals surface area contributed by atoms with Crippen molar-refractivity contribution in [2.24, 2.45) is 10.1 Å². The number of hydrogen-bond acceptors (Lipinski definition) is 6. The minimum Gasteiger partial charge on any atom is -0.335 e. The highest BCUT2D eigenvalue weighted by molar-refractivity contribution is 8.14. The van der Waals surface area contributed by atoms with E-state index in [9.17, 15) is 0 Å². The van der Waals surface area contributed by atoms with Gasteiger partial charge in [0.2, 0.25) is 5.95 Å². The number of H-pyrrole nitrogens is 1. The lowest BCUT2D eigenvalue weighted by Crippen LogP contribution is -2.13. The van der Waals surface area contributed by atoms with Gasteiger partial charge in [-0.15, -0.1) is 0 Å². The fourth-order valence-corrected chi connectivity index (χ4v) is 3.50. The lowest BCUT2D eigenvalue weighted by atomic mass is 10.1. The van der Waals surface area contributed by atoms with Gasteiger partial charge in [0.25, 0.3) is 0 Å². The molecule has 3 N–H and O–H groups in total. The second kappa shape index (κ2) is 7.61. The van der Waals surface area contributed by atoms with Gasteiger partial charge in [-0.05, 0) is 43.2 Å². The molecule has 1 aromatic heterocycles. The second-order valence-electron chi connectivity index (χ2n) is 6.00. The van der Waals surface area contributed by atoms with E-state index in [0.717, 1.165) is 51.9 Å². The first-order valence-corrected chi connectivity index (χ1v) is 9.56. The van der Waals surface area contributed by atoms with E-state index in [0.29, 0.717) is 5.95 Å². The summed E-state index contributed by atoms with van der Waals surface area (Å²) in [5, 5.41) is 8.79. The Hall–Kier alpha value is -2.80. The summed E-state index contributed by atoms with van der Waals surface area (Å²) in [5.41, 5.74) is 7.89. The number of benzene rings is 2. The van der Waals surface area contributed by atoms with Gasteiger partial charge in [-0.2, -0.15) is 5.10 Å². The lowest BCUT2D eigenvalue weighted by molar-refractivity contribution is 0.938. The Bertz CT molecular complexity index is 925. The molecule has 0 bridgehead atoms. The van der Waals surface area contributed by atoms with Crippen LogP contribution in [0, 0.1) is 0 Å². The topological polar surface area (TPSA) is 77.5 Å². The number of aromatic amines is 1. The summed E-state index contributed by atoms with van der Waals surface area (Å²) < 4.78 is 0. The predicted octanol–water partition coefficient (Wildman–Crippen LogP) is 4.30. The molecule has 0 saturated heterocycles. The van der Waals surface area contributed by atoms with E-state index in [-0.39, 0.29) is 0 Å². The van der Waals surface area contributed by atoms with E-state index >= 15 is 0 Å². The maximum atomic E-state index is 4.49. The number of aromatic nitrogens is 2. The molecular formula is C19H20N6S. The first-order chi connectivity index (χ1) is 12.8. The normalized spacial score (nSPS) is 15.0. The minimum absolute atomic E-state index is 0.635. The van der Waals surface area contributed by atoms with Crippen LogP contribution in [0.15, 0.2) is 58.6 Å². The van der Waals surface area contributed by atoms with Crippen molar-refractivity contribution in [2.45, 2.75) is 13.3 Å². The number of hydrazone groups is 1. The number of nitrogens with zero attached hydrogens (tertiary/aromatic N) is 3. The molecule has 2 heterocycles. The molecule has 4 rings (SSSR count). The number of fused-ring (bicyclic) bond motifs is 1. The Balaban J connectivity index is 1.42. The number of thioether (sulfide) groups is 1. The Morgan fingerprint density at radius 2 is 2.00 bits per heavy atom. The Kier molecular flexibility index (Phi) is 4.88. The van der Waals surface area contributed by atoms with Gasteiger partial charge < -0.3 is 10.3 Å². The third-order valence-electron chi connectivity index (χ3n) is 4.07. The molecule has 0 radical (unpaired) electrons. The van der Waals surface area contributed by atoms with E-state index in [2.05, 4.69) is 42.9 Å². The average molecular weight is 364 g/mol. The van der Waals surface area contributed by atoms with E-state index in [1.165, 1.54) is 0 Å². The number of para-hydroxylation sites is 2. The molecule has 0 amide bonds. The highest BCUT2D eigenvalue weighted by atomic mass is 32.2. The standard InChI is InChI=1S/C19H20N6S/c1-13(24-25-18-22-16-5-2-3-6-17(16)23-18)14-7-9-15(10-8-14)21-19-20-11-4-12-26-19/h2-3,5-10H,4,11-12H2,1H3,(H,20,21)(H2,22,23,25)/b24-13-. The van der Waals surface area contributed by atoms with Crippen molar-refractivity contribution in [2.75, 3.05) is 23.0 Å². The second-order valence-corrected chi connectivity index (χ2v) is 7.09. The molecule has 0 spiro atoms. The molecule has 3 aromatic rings. The SMILES string of the molecule is C/C(=N/Nc1nc2ccccc2[nH]1)c1ccc(NC2=NCCCS2)cc1. The molecule has 1 aliphatic rings. The van der Waals surface area contributed by atoms with Crippen molar-refractivity contribution >= 4 is 45.3 Å². The molecular weight excluding hydrogens is 344 g/mol. The van der Waals surface area contributed by atoms with Crippen LogP contribution in [0.2, 0.25) is 0 Å². The Morgan fingerprint density at radius 1 is 1.15 bits per heavy atom. The Labute approximate surface area is 156 Å².